The number of carbonyl (C=O) groups is 5. The van der Waals surface area contributed by atoms with Crippen LogP contribution in [-0.4, -0.2) is 206 Å². The van der Waals surface area contributed by atoms with Crippen LogP contribution in [0.1, 0.15) is 196 Å². The molecule has 0 unspecified atom stereocenters. The Balaban J connectivity index is 2.24. The van der Waals surface area contributed by atoms with Crippen LogP contribution in [0.15, 0.2) is 29.3 Å². The zero-order valence-electron chi connectivity index (χ0n) is 60.1. The van der Waals surface area contributed by atoms with Crippen molar-refractivity contribution in [3.05, 3.63) is 40.7 Å². The fourth-order valence-corrected chi connectivity index (χ4v) is 11.2. The predicted octanol–water partition coefficient (Wildman–Crippen LogP) is 2.31. The standard InChI is InChI=1S/C68H127ClN26O6/c69-60-62(83)91-61(82)59(90-60)67(100)92-68(84)89-34-14-13-21-49-30-32-50(33-31-49)101-48-47-95(45-19-43-93(39-15-35-85-63(96)51(70)22-5-1-9-26-55(74)75)40-16-36-86-64(97)52(71)23-6-2-10-27-56(76)77)46-20-44-94(41-17-37-87-65(98)53(72)24-7-3-11-28-57(78)79)42-18-38-88-66(99)54(73)25-8-4-12-29-58(80)81/h30-33,51-54H,1-29,34-48,70-73H2,(H3,74,75)(H3,76,77)(H3,78,79)(H3,80,81)(H,85,96)(H,86,97)(H,87,98)(H,88,99)(H4,82,83,91)(H3,84,89,92,100)/t51-,52-,53-,54-/m0/s1. The third kappa shape index (κ3) is 45.8. The Kier molecular flexibility index (Phi) is 48.8. The van der Waals surface area contributed by atoms with E-state index >= 15 is 0 Å². The van der Waals surface area contributed by atoms with Crippen LogP contribution in [0.4, 0.5) is 11.6 Å². The molecule has 0 aliphatic heterocycles. The number of rotatable bonds is 62. The second-order valence-electron chi connectivity index (χ2n) is 26.0. The van der Waals surface area contributed by atoms with Crippen molar-refractivity contribution in [3.8, 4) is 5.75 Å². The number of nitrogens with two attached hydrogens (primary N) is 11. The van der Waals surface area contributed by atoms with Gasteiger partial charge in [-0.25, -0.2) is 9.97 Å². The highest BCUT2D eigenvalue weighted by Gasteiger charge is 2.20. The molecule has 572 valence electrons. The van der Waals surface area contributed by atoms with Crippen LogP contribution in [0.25, 0.3) is 0 Å². The molecule has 2 rings (SSSR count). The Labute approximate surface area is 604 Å². The number of aromatic nitrogens is 2. The number of halogens is 1. The number of amides is 5. The Morgan fingerprint density at radius 2 is 0.792 bits per heavy atom. The molecule has 31 N–H and O–H groups in total. The summed E-state index contributed by atoms with van der Waals surface area (Å²) in [6, 6.07) is 5.49. The van der Waals surface area contributed by atoms with E-state index in [9.17, 15) is 24.0 Å². The topological polar surface area (TPSA) is 584 Å². The zero-order chi connectivity index (χ0) is 74.6. The Hall–Kier alpha value is -7.59. The fraction of sp³-hybridized carbons (Fsp3) is 0.706. The van der Waals surface area contributed by atoms with Crippen molar-refractivity contribution >= 4 is 82.1 Å². The average molecular weight is 1440 g/mol. The number of amidine groups is 4. The number of unbranched alkanes of at least 4 members (excludes halogenated alkanes) is 9. The molecule has 101 heavy (non-hydrogen) atoms. The van der Waals surface area contributed by atoms with Crippen LogP contribution in [0, 0.1) is 21.6 Å². The van der Waals surface area contributed by atoms with E-state index in [0.717, 1.165) is 140 Å². The molecule has 5 amide bonds. The number of guanidine groups is 1. The predicted molar refractivity (Wildman–Crippen MR) is 406 cm³/mol. The third-order valence-corrected chi connectivity index (χ3v) is 17.3. The number of ether oxygens (including phenoxy) is 1. The van der Waals surface area contributed by atoms with E-state index in [0.29, 0.717) is 156 Å². The summed E-state index contributed by atoms with van der Waals surface area (Å²) in [4.78, 5) is 83.8. The van der Waals surface area contributed by atoms with Crippen LogP contribution < -0.4 is 94.4 Å². The van der Waals surface area contributed by atoms with Crippen molar-refractivity contribution < 1.29 is 28.7 Å². The first-order chi connectivity index (χ1) is 48.3. The summed E-state index contributed by atoms with van der Waals surface area (Å²) in [6.07, 6.45) is 20.5. The Morgan fingerprint density at radius 1 is 0.446 bits per heavy atom. The minimum atomic E-state index is -0.709. The van der Waals surface area contributed by atoms with E-state index in [4.69, 9.17) is 101 Å². The first-order valence-corrected chi connectivity index (χ1v) is 36.8. The molecule has 1 aromatic heterocycles. The van der Waals surface area contributed by atoms with Gasteiger partial charge in [-0.2, -0.15) is 0 Å². The molecular formula is C68H127ClN26O6. The van der Waals surface area contributed by atoms with Gasteiger partial charge in [-0.3, -0.25) is 60.8 Å². The molecule has 0 aliphatic rings. The highest BCUT2D eigenvalue weighted by molar-refractivity contribution is 6.31. The van der Waals surface area contributed by atoms with E-state index in [-0.39, 0.29) is 75.4 Å². The first kappa shape index (κ1) is 89.5. The van der Waals surface area contributed by atoms with Crippen LogP contribution in [0.3, 0.4) is 0 Å². The van der Waals surface area contributed by atoms with E-state index in [1.54, 1.807) is 0 Å². The molecule has 0 aliphatic carbocycles. The van der Waals surface area contributed by atoms with Gasteiger partial charge in [0.25, 0.3) is 5.91 Å². The lowest BCUT2D eigenvalue weighted by Crippen LogP contribution is -2.42. The molecule has 1 aromatic carbocycles. The van der Waals surface area contributed by atoms with Crippen LogP contribution in [0.2, 0.25) is 5.15 Å². The lowest BCUT2D eigenvalue weighted by Gasteiger charge is -2.28. The van der Waals surface area contributed by atoms with Crippen LogP contribution >= 0.6 is 11.6 Å². The van der Waals surface area contributed by atoms with E-state index in [1.807, 2.05) is 24.3 Å². The molecular weight excluding hydrogens is 1310 g/mol. The summed E-state index contributed by atoms with van der Waals surface area (Å²) >= 11 is 5.92. The maximum Gasteiger partial charge on any atom is 0.280 e. The van der Waals surface area contributed by atoms with Crippen molar-refractivity contribution in [2.45, 2.75) is 210 Å². The molecule has 0 bridgehead atoms. The van der Waals surface area contributed by atoms with Gasteiger partial charge in [-0.15, -0.1) is 0 Å². The molecule has 0 saturated carbocycles. The van der Waals surface area contributed by atoms with Gasteiger partial charge in [0.2, 0.25) is 23.6 Å². The summed E-state index contributed by atoms with van der Waals surface area (Å²) in [7, 11) is 0. The summed E-state index contributed by atoms with van der Waals surface area (Å²) in [5.41, 5.74) is 65.3. The molecule has 1 heterocycles. The van der Waals surface area contributed by atoms with E-state index in [2.05, 4.69) is 56.2 Å². The van der Waals surface area contributed by atoms with Gasteiger partial charge in [0.1, 0.15) is 12.4 Å². The van der Waals surface area contributed by atoms with Gasteiger partial charge in [-0.1, -0.05) is 75.1 Å². The summed E-state index contributed by atoms with van der Waals surface area (Å²) in [6.45, 7) is 9.02. The van der Waals surface area contributed by atoms with Crippen molar-refractivity contribution in [2.75, 3.05) is 110 Å². The lowest BCUT2D eigenvalue weighted by molar-refractivity contribution is -0.123. The zero-order valence-corrected chi connectivity index (χ0v) is 60.8. The molecule has 32 nitrogen and oxygen atoms in total. The molecule has 4 atom stereocenters. The van der Waals surface area contributed by atoms with Gasteiger partial charge < -0.3 is 98.9 Å². The number of hydrogen-bond donors (Lipinski definition) is 20. The van der Waals surface area contributed by atoms with Crippen molar-refractivity contribution in [3.63, 3.8) is 0 Å². The monoisotopic (exact) mass is 1440 g/mol. The summed E-state index contributed by atoms with van der Waals surface area (Å²) in [5.74, 6) is -0.524. The fourth-order valence-electron chi connectivity index (χ4n) is 11.1. The average Bonchev–Trinajstić information content (AvgIpc) is 0.838. The van der Waals surface area contributed by atoms with Crippen LogP contribution in [-0.2, 0) is 25.6 Å². The molecule has 0 radical (unpaired) electrons. The van der Waals surface area contributed by atoms with Crippen molar-refractivity contribution in [1.82, 2.24) is 51.3 Å². The second kappa shape index (κ2) is 55.1. The number of carbonyl (C=O) groups excluding carboxylic acids is 5. The maximum absolute atomic E-state index is 13.0. The SMILES string of the molecule is N=C(N)CCCCC[C@H](N)C(=O)NCCCN(CCCNC(=O)[C@@H](N)CCCCCC(=N)N)CCCN(CCCN(CCCNC(=O)[C@@H](N)CCCCCC(=N)N)CCCNC(=O)[C@@H](N)CCCCCC(=N)N)CCOc1ccc(CCCCN=C(N)NC(=O)c2nc(Cl)c(N)nc2N)cc1. The highest BCUT2D eigenvalue weighted by Crippen LogP contribution is 2.18. The number of anilines is 2. The van der Waals surface area contributed by atoms with Crippen molar-refractivity contribution in [2.24, 2.45) is 56.6 Å². The van der Waals surface area contributed by atoms with Gasteiger partial charge >= 0.3 is 0 Å². The summed E-state index contributed by atoms with van der Waals surface area (Å²) < 4.78 is 6.39. The van der Waals surface area contributed by atoms with E-state index in [1.165, 1.54) is 0 Å². The number of aryl methyl sites for hydroxylation is 1. The molecule has 0 fully saturated rings. The van der Waals surface area contributed by atoms with Gasteiger partial charge in [0.05, 0.1) is 47.5 Å². The van der Waals surface area contributed by atoms with E-state index < -0.39 is 30.1 Å². The summed E-state index contributed by atoms with van der Waals surface area (Å²) in [5, 5.41) is 44.2. The molecule has 33 heteroatoms. The number of nitrogens with one attached hydrogen (secondary N) is 9. The van der Waals surface area contributed by atoms with Gasteiger partial charge in [0.15, 0.2) is 28.4 Å². The maximum atomic E-state index is 13.0. The molecule has 0 spiro atoms. The van der Waals surface area contributed by atoms with Crippen LogP contribution in [0.5, 0.6) is 5.75 Å². The second-order valence-corrected chi connectivity index (χ2v) is 26.4. The highest BCUT2D eigenvalue weighted by atomic mass is 35.5. The quantitative estimate of drug-likeness (QED) is 0.0257. The number of benzene rings is 1. The number of hydrogen-bond acceptors (Lipinski definition) is 22. The van der Waals surface area contributed by atoms with Gasteiger partial charge in [-0.05, 0) is 179 Å². The molecule has 2 aromatic rings. The normalized spacial score (nSPS) is 12.8. The largest absolute Gasteiger partial charge is 0.492 e. The van der Waals surface area contributed by atoms with Crippen molar-refractivity contribution in [1.29, 1.82) is 21.6 Å². The minimum absolute atomic E-state index is 0.0949. The number of nitrogens with zero attached hydrogens (tertiary/aromatic N) is 6. The minimum Gasteiger partial charge on any atom is -0.492 e. The first-order valence-electron chi connectivity index (χ1n) is 36.4. The Morgan fingerprint density at radius 3 is 1.15 bits per heavy atom. The number of aliphatic imine (C=N–C) groups is 1. The Bertz CT molecular complexity index is 2560. The number of nitrogen functional groups attached to an aromatic ring is 2. The lowest BCUT2D eigenvalue weighted by atomic mass is 10.1. The van der Waals surface area contributed by atoms with Gasteiger partial charge in [0, 0.05) is 65.0 Å². The third-order valence-electron chi connectivity index (χ3n) is 17.0. The smallest absolute Gasteiger partial charge is 0.280 e. The molecule has 0 saturated heterocycles.